The third-order valence-corrected chi connectivity index (χ3v) is 2.97. The molecule has 3 heteroatoms. The van der Waals surface area contributed by atoms with Gasteiger partial charge in [0.1, 0.15) is 11.6 Å². The molecule has 2 nitrogen and oxygen atoms in total. The molecule has 102 valence electrons. The van der Waals surface area contributed by atoms with Gasteiger partial charge in [-0.2, -0.15) is 0 Å². The van der Waals surface area contributed by atoms with Crippen molar-refractivity contribution in [2.45, 2.75) is 52.7 Å². The Morgan fingerprint density at radius 1 is 1.22 bits per heavy atom. The van der Waals surface area contributed by atoms with Crippen LogP contribution in [0.15, 0.2) is 18.2 Å². The molecule has 0 aliphatic carbocycles. The standard InChI is InChI=1S/C15H24FNO/c1-4-9-17-11-12-10-13(16)7-8-15(12)18-14(5-2)6-3/h7-8,10,14,17H,4-6,9,11H2,1-3H3. The van der Waals surface area contributed by atoms with Crippen molar-refractivity contribution in [1.29, 1.82) is 0 Å². The van der Waals surface area contributed by atoms with E-state index >= 15 is 0 Å². The van der Waals surface area contributed by atoms with Crippen LogP contribution in [0.2, 0.25) is 0 Å². The van der Waals surface area contributed by atoms with Crippen molar-refractivity contribution in [3.8, 4) is 5.75 Å². The number of ether oxygens (including phenoxy) is 1. The van der Waals surface area contributed by atoms with Crippen LogP contribution in [0.25, 0.3) is 0 Å². The maximum absolute atomic E-state index is 13.3. The average Bonchev–Trinajstić information content (AvgIpc) is 2.38. The van der Waals surface area contributed by atoms with E-state index in [0.717, 1.165) is 37.1 Å². The van der Waals surface area contributed by atoms with Gasteiger partial charge in [-0.25, -0.2) is 4.39 Å². The first-order chi connectivity index (χ1) is 8.71. The van der Waals surface area contributed by atoms with Gasteiger partial charge in [-0.1, -0.05) is 20.8 Å². The van der Waals surface area contributed by atoms with Crippen molar-refractivity contribution in [2.75, 3.05) is 6.54 Å². The van der Waals surface area contributed by atoms with Crippen LogP contribution in [0, 0.1) is 5.82 Å². The van der Waals surface area contributed by atoms with E-state index in [1.54, 1.807) is 12.1 Å². The van der Waals surface area contributed by atoms with Crippen LogP contribution in [-0.4, -0.2) is 12.6 Å². The van der Waals surface area contributed by atoms with E-state index < -0.39 is 0 Å². The van der Waals surface area contributed by atoms with E-state index in [2.05, 4.69) is 26.1 Å². The topological polar surface area (TPSA) is 21.3 Å². The first kappa shape index (κ1) is 15.0. The van der Waals surface area contributed by atoms with Gasteiger partial charge in [0, 0.05) is 12.1 Å². The number of nitrogens with one attached hydrogen (secondary N) is 1. The highest BCUT2D eigenvalue weighted by Gasteiger charge is 2.10. The van der Waals surface area contributed by atoms with Crippen molar-refractivity contribution >= 4 is 0 Å². The first-order valence-electron chi connectivity index (χ1n) is 6.87. The van der Waals surface area contributed by atoms with Crippen molar-refractivity contribution in [2.24, 2.45) is 0 Å². The van der Waals surface area contributed by atoms with Crippen LogP contribution >= 0.6 is 0 Å². The van der Waals surface area contributed by atoms with Gasteiger partial charge in [0.15, 0.2) is 0 Å². The van der Waals surface area contributed by atoms with Crippen molar-refractivity contribution < 1.29 is 9.13 Å². The summed E-state index contributed by atoms with van der Waals surface area (Å²) in [5, 5.41) is 3.28. The zero-order chi connectivity index (χ0) is 13.4. The van der Waals surface area contributed by atoms with Gasteiger partial charge in [0.25, 0.3) is 0 Å². The fraction of sp³-hybridized carbons (Fsp3) is 0.600. The molecule has 0 radical (unpaired) electrons. The van der Waals surface area contributed by atoms with E-state index in [1.807, 2.05) is 0 Å². The molecule has 0 saturated heterocycles. The van der Waals surface area contributed by atoms with Gasteiger partial charge in [-0.05, 0) is 44.0 Å². The third kappa shape index (κ3) is 4.65. The summed E-state index contributed by atoms with van der Waals surface area (Å²) in [7, 11) is 0. The summed E-state index contributed by atoms with van der Waals surface area (Å²) in [4.78, 5) is 0. The molecule has 0 aromatic heterocycles. The largest absolute Gasteiger partial charge is 0.490 e. The average molecular weight is 253 g/mol. The minimum Gasteiger partial charge on any atom is -0.490 e. The molecule has 0 heterocycles. The summed E-state index contributed by atoms with van der Waals surface area (Å²) < 4.78 is 19.2. The molecule has 0 amide bonds. The molecule has 0 bridgehead atoms. The maximum atomic E-state index is 13.3. The summed E-state index contributed by atoms with van der Waals surface area (Å²) in [6, 6.07) is 4.75. The van der Waals surface area contributed by atoms with Crippen LogP contribution in [0.4, 0.5) is 4.39 Å². The van der Waals surface area contributed by atoms with Gasteiger partial charge in [-0.3, -0.25) is 0 Å². The molecule has 1 N–H and O–H groups in total. The van der Waals surface area contributed by atoms with E-state index in [9.17, 15) is 4.39 Å². The fourth-order valence-corrected chi connectivity index (χ4v) is 1.84. The number of hydrogen-bond donors (Lipinski definition) is 1. The summed E-state index contributed by atoms with van der Waals surface area (Å²) in [5.74, 6) is 0.592. The Morgan fingerprint density at radius 3 is 2.56 bits per heavy atom. The quantitative estimate of drug-likeness (QED) is 0.710. The predicted molar refractivity (Wildman–Crippen MR) is 73.4 cm³/mol. The normalized spacial score (nSPS) is 10.9. The maximum Gasteiger partial charge on any atom is 0.124 e. The molecule has 0 aliphatic heterocycles. The molecular formula is C15H24FNO. The van der Waals surface area contributed by atoms with Gasteiger partial charge >= 0.3 is 0 Å². The highest BCUT2D eigenvalue weighted by Crippen LogP contribution is 2.22. The molecule has 18 heavy (non-hydrogen) atoms. The second-order valence-corrected chi connectivity index (χ2v) is 4.49. The summed E-state index contributed by atoms with van der Waals surface area (Å²) in [6.45, 7) is 7.90. The van der Waals surface area contributed by atoms with Crippen LogP contribution in [0.1, 0.15) is 45.6 Å². The Morgan fingerprint density at radius 2 is 1.94 bits per heavy atom. The van der Waals surface area contributed by atoms with E-state index in [-0.39, 0.29) is 11.9 Å². The number of benzene rings is 1. The predicted octanol–water partition coefficient (Wildman–Crippen LogP) is 3.89. The van der Waals surface area contributed by atoms with Gasteiger partial charge in [-0.15, -0.1) is 0 Å². The molecule has 1 rings (SSSR count). The lowest BCUT2D eigenvalue weighted by molar-refractivity contribution is 0.190. The lowest BCUT2D eigenvalue weighted by Crippen LogP contribution is -2.18. The molecule has 0 aliphatic rings. The summed E-state index contributed by atoms with van der Waals surface area (Å²) in [5.41, 5.74) is 0.898. The van der Waals surface area contributed by atoms with E-state index in [0.29, 0.717) is 6.54 Å². The van der Waals surface area contributed by atoms with Crippen molar-refractivity contribution in [3.63, 3.8) is 0 Å². The number of hydrogen-bond acceptors (Lipinski definition) is 2. The molecule has 0 saturated carbocycles. The van der Waals surface area contributed by atoms with Gasteiger partial charge in [0.05, 0.1) is 6.10 Å². The Hall–Kier alpha value is -1.09. The number of rotatable bonds is 8. The van der Waals surface area contributed by atoms with Crippen molar-refractivity contribution in [3.05, 3.63) is 29.6 Å². The van der Waals surface area contributed by atoms with Crippen LogP contribution in [0.5, 0.6) is 5.75 Å². The molecule has 1 aromatic rings. The number of halogens is 1. The highest BCUT2D eigenvalue weighted by atomic mass is 19.1. The van der Waals surface area contributed by atoms with E-state index in [4.69, 9.17) is 4.74 Å². The second kappa shape index (κ2) is 8.09. The minimum absolute atomic E-state index is 0.208. The molecular weight excluding hydrogens is 229 g/mol. The van der Waals surface area contributed by atoms with Crippen LogP contribution in [0.3, 0.4) is 0 Å². The van der Waals surface area contributed by atoms with E-state index in [1.165, 1.54) is 6.07 Å². The highest BCUT2D eigenvalue weighted by molar-refractivity contribution is 5.34. The molecule has 0 atom stereocenters. The monoisotopic (exact) mass is 253 g/mol. The zero-order valence-corrected chi connectivity index (χ0v) is 11.6. The Bertz CT molecular complexity index is 350. The van der Waals surface area contributed by atoms with Crippen LogP contribution in [-0.2, 0) is 6.54 Å². The van der Waals surface area contributed by atoms with Crippen molar-refractivity contribution in [1.82, 2.24) is 5.32 Å². The summed E-state index contributed by atoms with van der Waals surface area (Å²) >= 11 is 0. The van der Waals surface area contributed by atoms with Crippen LogP contribution < -0.4 is 10.1 Å². The minimum atomic E-state index is -0.208. The smallest absolute Gasteiger partial charge is 0.124 e. The molecule has 0 fully saturated rings. The van der Waals surface area contributed by atoms with Gasteiger partial charge in [0.2, 0.25) is 0 Å². The fourth-order valence-electron chi connectivity index (χ4n) is 1.84. The zero-order valence-electron chi connectivity index (χ0n) is 11.6. The second-order valence-electron chi connectivity index (χ2n) is 4.49. The third-order valence-electron chi connectivity index (χ3n) is 2.97. The Kier molecular flexibility index (Phi) is 6.73. The lowest BCUT2D eigenvalue weighted by atomic mass is 10.1. The lowest BCUT2D eigenvalue weighted by Gasteiger charge is -2.18. The SMILES string of the molecule is CCCNCc1cc(F)ccc1OC(CC)CC. The first-order valence-corrected chi connectivity index (χ1v) is 6.87. The Balaban J connectivity index is 2.75. The summed E-state index contributed by atoms with van der Waals surface area (Å²) in [6.07, 6.45) is 3.21. The molecule has 0 spiro atoms. The molecule has 0 unspecified atom stereocenters. The molecule has 1 aromatic carbocycles. The Labute approximate surface area is 110 Å². The van der Waals surface area contributed by atoms with Gasteiger partial charge < -0.3 is 10.1 Å².